The SMILES string of the molecule is COc1ccccc1-c1nccc(COc2ccccc2C[C@@H](Oc2ncnc3sc(-c4ccc(F)cc4)c(-c4ccc(OCCN5CC[N+](C)(Cc6ccc(NC(=O)C(CCCNC(N)=O)NC(=O)C(N)C(C)C)cc6CN(C)C(=O)CC(NC(=O)[C@@H]6O[C@H](O)[C@@H](O)[C@H](O)[C@H]6O)C(=O)O)CC5)c(Cl)c4C)c23)C(=O)O)n1. The van der Waals surface area contributed by atoms with Crippen molar-refractivity contribution in [3.05, 3.63) is 161 Å². The number of primary amides is 1. The smallest absolute Gasteiger partial charge is 0.345 e. The molecule has 111 heavy (non-hydrogen) atoms. The van der Waals surface area contributed by atoms with Crippen LogP contribution in [0.15, 0.2) is 122 Å². The van der Waals surface area contributed by atoms with E-state index in [1.54, 1.807) is 93.9 Å². The van der Waals surface area contributed by atoms with Crippen molar-refractivity contribution in [2.24, 2.45) is 17.4 Å². The van der Waals surface area contributed by atoms with E-state index in [0.717, 1.165) is 5.56 Å². The number of benzene rings is 5. The van der Waals surface area contributed by atoms with Gasteiger partial charge in [-0.3, -0.25) is 24.1 Å². The second-order valence-electron chi connectivity index (χ2n) is 27.8. The number of nitrogens with two attached hydrogens (primary N) is 2. The number of hydrogen-bond acceptors (Lipinski definition) is 23. The van der Waals surface area contributed by atoms with E-state index in [4.69, 9.17) is 51.7 Å². The number of amides is 6. The first kappa shape index (κ1) is 82.9. The van der Waals surface area contributed by atoms with E-state index < -0.39 is 109 Å². The van der Waals surface area contributed by atoms with Gasteiger partial charge in [-0.15, -0.1) is 11.3 Å². The lowest BCUT2D eigenvalue weighted by Gasteiger charge is -2.42. The molecule has 2 aliphatic heterocycles. The summed E-state index contributed by atoms with van der Waals surface area (Å²) in [7, 11) is 5.05. The van der Waals surface area contributed by atoms with Gasteiger partial charge in [-0.1, -0.05) is 80.0 Å². The number of fused-ring (bicyclic) bond motifs is 1. The van der Waals surface area contributed by atoms with Crippen LogP contribution in [0.1, 0.15) is 61.1 Å². The minimum atomic E-state index is -2.11. The highest BCUT2D eigenvalue weighted by atomic mass is 35.5. The van der Waals surface area contributed by atoms with E-state index in [-0.39, 0.29) is 63.1 Å². The fourth-order valence-corrected chi connectivity index (χ4v) is 14.3. The van der Waals surface area contributed by atoms with E-state index in [1.165, 1.54) is 41.7 Å². The van der Waals surface area contributed by atoms with E-state index in [0.29, 0.717) is 132 Å². The van der Waals surface area contributed by atoms with Gasteiger partial charge in [-0.2, -0.15) is 0 Å². The Morgan fingerprint density at radius 1 is 0.811 bits per heavy atom. The van der Waals surface area contributed by atoms with Gasteiger partial charge in [0.2, 0.25) is 29.7 Å². The molecule has 31 nitrogen and oxygen atoms in total. The number of rotatable bonds is 34. The van der Waals surface area contributed by atoms with Gasteiger partial charge in [0.1, 0.15) is 84.4 Å². The number of anilines is 1. The average molecular weight is 1570 g/mol. The second kappa shape index (κ2) is 37.4. The van der Waals surface area contributed by atoms with Gasteiger partial charge in [0, 0.05) is 74.1 Å². The van der Waals surface area contributed by atoms with E-state index in [2.05, 4.69) is 48.2 Å². The molecule has 0 radical (unpaired) electrons. The fraction of sp³-hybridized carbons (Fsp3) is 0.390. The lowest BCUT2D eigenvalue weighted by atomic mass is 9.96. The molecule has 2 fully saturated rings. The molecule has 5 aromatic carbocycles. The van der Waals surface area contributed by atoms with Crippen molar-refractivity contribution in [3.63, 3.8) is 0 Å². The molecule has 10 rings (SSSR count). The van der Waals surface area contributed by atoms with Gasteiger partial charge in [-0.25, -0.2) is 38.7 Å². The Labute approximate surface area is 647 Å². The number of thiophene rings is 1. The van der Waals surface area contributed by atoms with Crippen molar-refractivity contribution in [1.82, 2.24) is 45.7 Å². The van der Waals surface area contributed by atoms with Gasteiger partial charge >= 0.3 is 18.0 Å². The number of nitrogens with zero attached hydrogens (tertiary/aromatic N) is 7. The standard InChI is InChI=1S/C77H89ClFN13O18S/c1-41(2)62(80)70(98)88-52(14-11-26-83-77(81)105)69(97)87-48-22-19-45(46(34-48)37-90(4)58(93)36-53(74(100)101)89-71(99)66-64(95)63(94)65(96)76(104)110-66)38-92(5)31-28-91(29-32-92)30-33-107-56-24-23-50(42(3)61(56)78)59-60-72(84-40-85-73(60)111-67(59)43-17-20-47(79)21-18-43)109-57(75(102)103)35-44-12-7-9-15-54(44)108-39-49-25-27-82-68(86-49)51-13-8-10-16-55(51)106-6/h7-10,12-13,15-25,27,34,40-41,52-53,57,62-66,76,94-96,104H,11,14,26,28-33,35-39,80H2,1-6H3,(H7-,81,83,87,88,89,97,98,99,100,101,102,103,105)/p+1/t52?,53?,57-,62?,63-,64-,65+,66-,76+/m1/s1. The van der Waals surface area contributed by atoms with Crippen LogP contribution in [0.3, 0.4) is 0 Å². The normalized spacial score (nSPS) is 18.0. The molecule has 0 saturated carbocycles. The average Bonchev–Trinajstić information content (AvgIpc) is 1.60. The van der Waals surface area contributed by atoms with Gasteiger partial charge in [-0.05, 0) is 108 Å². The molecular weight excluding hydrogens is 1480 g/mol. The third-order valence-electron chi connectivity index (χ3n) is 19.4. The number of aromatic nitrogens is 4. The summed E-state index contributed by atoms with van der Waals surface area (Å²) in [5, 5.41) is 72.5. The number of urea groups is 1. The van der Waals surface area contributed by atoms with Crippen LogP contribution >= 0.6 is 22.9 Å². The van der Waals surface area contributed by atoms with Crippen LogP contribution in [0.2, 0.25) is 5.02 Å². The number of carboxylic acid groups (broad SMARTS) is 2. The van der Waals surface area contributed by atoms with E-state index in [1.807, 2.05) is 37.3 Å². The number of para-hydroxylation sites is 2. The van der Waals surface area contributed by atoms with E-state index in [9.17, 15) is 68.6 Å². The Morgan fingerprint density at radius 2 is 1.53 bits per heavy atom. The van der Waals surface area contributed by atoms with Gasteiger partial charge < -0.3 is 96.4 Å². The maximum absolute atomic E-state index is 14.6. The third kappa shape index (κ3) is 20.9. The highest BCUT2D eigenvalue weighted by Gasteiger charge is 2.47. The molecule has 8 aromatic rings. The fourth-order valence-electron chi connectivity index (χ4n) is 12.9. The zero-order chi connectivity index (χ0) is 80.0. The number of methoxy groups -OCH3 is 1. The molecule has 34 heteroatoms. The Bertz CT molecular complexity index is 4670. The third-order valence-corrected chi connectivity index (χ3v) is 21.0. The molecule has 2 saturated heterocycles. The number of hydrogen-bond donors (Lipinski definition) is 12. The summed E-state index contributed by atoms with van der Waals surface area (Å²) in [6.45, 7) is 8.92. The summed E-state index contributed by atoms with van der Waals surface area (Å²) in [5.41, 5.74) is 17.2. The van der Waals surface area contributed by atoms with Crippen molar-refractivity contribution in [2.75, 3.05) is 72.4 Å². The largest absolute Gasteiger partial charge is 0.496 e. The van der Waals surface area contributed by atoms with Crippen molar-refractivity contribution in [3.8, 4) is 56.1 Å². The zero-order valence-corrected chi connectivity index (χ0v) is 63.3. The number of quaternary nitrogens is 1. The first-order chi connectivity index (χ1) is 53.0. The molecule has 3 aromatic heterocycles. The summed E-state index contributed by atoms with van der Waals surface area (Å²) >= 11 is 8.57. The minimum Gasteiger partial charge on any atom is -0.496 e. The molecule has 0 bridgehead atoms. The molecule has 3 unspecified atom stereocenters. The molecule has 0 aliphatic carbocycles. The van der Waals surface area contributed by atoms with Crippen LogP contribution in [0.4, 0.5) is 14.9 Å². The van der Waals surface area contributed by atoms with Crippen LogP contribution in [0, 0.1) is 18.7 Å². The maximum Gasteiger partial charge on any atom is 0.345 e. The monoisotopic (exact) mass is 1570 g/mol. The number of piperazine rings is 1. The number of carboxylic acids is 2. The number of aliphatic carboxylic acids is 2. The Morgan fingerprint density at radius 3 is 2.23 bits per heavy atom. The van der Waals surface area contributed by atoms with Crippen LogP contribution in [0.25, 0.3) is 43.2 Å². The van der Waals surface area contributed by atoms with E-state index >= 15 is 0 Å². The molecule has 6 amide bonds. The first-order valence-corrected chi connectivity index (χ1v) is 36.9. The number of nitrogens with one attached hydrogen (secondary N) is 4. The number of aliphatic hydroxyl groups is 4. The predicted octanol–water partition coefficient (Wildman–Crippen LogP) is 5.16. The first-order valence-electron chi connectivity index (χ1n) is 35.7. The number of carbonyl (C=O) groups excluding carboxylic acids is 5. The Kier molecular flexibility index (Phi) is 27.9. The highest BCUT2D eigenvalue weighted by Crippen LogP contribution is 2.50. The van der Waals surface area contributed by atoms with Crippen LogP contribution < -0.4 is 51.7 Å². The lowest BCUT2D eigenvalue weighted by Crippen LogP contribution is -2.62. The Hall–Kier alpha value is -10.6. The second-order valence-corrected chi connectivity index (χ2v) is 29.1. The van der Waals surface area contributed by atoms with Crippen LogP contribution in [-0.2, 0) is 59.6 Å². The van der Waals surface area contributed by atoms with Crippen molar-refractivity contribution in [1.29, 1.82) is 0 Å². The summed E-state index contributed by atoms with van der Waals surface area (Å²) in [6.07, 6.45) is -9.42. The topological polar surface area (TPSA) is 445 Å². The summed E-state index contributed by atoms with van der Waals surface area (Å²) in [5.74, 6) is -5.09. The zero-order valence-electron chi connectivity index (χ0n) is 61.8. The number of aliphatic hydroxyl groups excluding tert-OH is 4. The van der Waals surface area contributed by atoms with Crippen LogP contribution in [0.5, 0.6) is 23.1 Å². The highest BCUT2D eigenvalue weighted by molar-refractivity contribution is 7.22. The van der Waals surface area contributed by atoms with Crippen molar-refractivity contribution >= 4 is 80.4 Å². The van der Waals surface area contributed by atoms with Gasteiger partial charge in [0.25, 0.3) is 5.91 Å². The maximum atomic E-state index is 14.6. The molecule has 2 aliphatic rings. The predicted molar refractivity (Wildman–Crippen MR) is 406 cm³/mol. The number of likely N-dealkylation sites (N-methyl/N-ethyl adjacent to an activating group) is 1. The minimum absolute atomic E-state index is 0.0205. The summed E-state index contributed by atoms with van der Waals surface area (Å²) in [4.78, 5) is 115. The lowest BCUT2D eigenvalue weighted by molar-refractivity contribution is -0.926. The molecular formula is C77H90ClFN13O18S+. The number of ether oxygens (including phenoxy) is 5. The van der Waals surface area contributed by atoms with Gasteiger partial charge in [0.05, 0.1) is 61.4 Å². The summed E-state index contributed by atoms with van der Waals surface area (Å²) in [6, 6.07) is 26.0. The molecule has 14 N–H and O–H groups in total. The van der Waals surface area contributed by atoms with Crippen molar-refractivity contribution in [2.45, 2.75) is 121 Å². The number of carbonyl (C=O) groups is 7. The molecule has 9 atom stereocenters. The molecule has 0 spiro atoms. The molecule has 5 heterocycles. The van der Waals surface area contributed by atoms with Crippen molar-refractivity contribution < 1.29 is 96.8 Å². The molecule has 590 valence electrons. The van der Waals surface area contributed by atoms with Gasteiger partial charge in [0.15, 0.2) is 18.2 Å². The summed E-state index contributed by atoms with van der Waals surface area (Å²) < 4.78 is 44.8. The number of halogens is 2. The van der Waals surface area contributed by atoms with Crippen LogP contribution in [-0.4, -0.2) is 228 Å². The quantitative estimate of drug-likeness (QED) is 0.0183. The Balaban J connectivity index is 0.832.